The van der Waals surface area contributed by atoms with E-state index >= 15 is 0 Å². The summed E-state index contributed by atoms with van der Waals surface area (Å²) in [6, 6.07) is 28.5. The van der Waals surface area contributed by atoms with Gasteiger partial charge in [0.25, 0.3) is 0 Å². The third-order valence-corrected chi connectivity index (χ3v) is 6.93. The summed E-state index contributed by atoms with van der Waals surface area (Å²) in [5.41, 5.74) is 2.11. The maximum Gasteiger partial charge on any atom is 0.173 e. The summed E-state index contributed by atoms with van der Waals surface area (Å²) in [7, 11) is 0. The molecular formula is C29H32OS. The Bertz CT molecular complexity index is 976. The van der Waals surface area contributed by atoms with Crippen molar-refractivity contribution in [2.45, 2.75) is 55.7 Å². The molecule has 0 bridgehead atoms. The van der Waals surface area contributed by atoms with Gasteiger partial charge in [-0.15, -0.1) is 0 Å². The number of carbonyl (C=O) groups is 1. The predicted molar refractivity (Wildman–Crippen MR) is 134 cm³/mol. The van der Waals surface area contributed by atoms with Gasteiger partial charge < -0.3 is 0 Å². The number of hydrogen-bond donors (Lipinski definition) is 0. The van der Waals surface area contributed by atoms with Crippen molar-refractivity contribution < 1.29 is 4.79 Å². The van der Waals surface area contributed by atoms with E-state index in [1.807, 2.05) is 36.4 Å². The quantitative estimate of drug-likeness (QED) is 0.224. The van der Waals surface area contributed by atoms with Crippen LogP contribution in [0.15, 0.2) is 101 Å². The van der Waals surface area contributed by atoms with E-state index in [0.29, 0.717) is 0 Å². The van der Waals surface area contributed by atoms with Crippen molar-refractivity contribution in [1.82, 2.24) is 0 Å². The average molecular weight is 429 g/mol. The van der Waals surface area contributed by atoms with Crippen LogP contribution in [-0.4, -0.2) is 5.78 Å². The average Bonchev–Trinajstić information content (AvgIpc) is 2.82. The Morgan fingerprint density at radius 2 is 1.35 bits per heavy atom. The molecule has 0 radical (unpaired) electrons. The highest BCUT2D eigenvalue weighted by Gasteiger charge is 2.36. The molecule has 0 spiro atoms. The molecule has 0 saturated heterocycles. The minimum Gasteiger partial charge on any atom is -0.293 e. The van der Waals surface area contributed by atoms with E-state index in [9.17, 15) is 4.79 Å². The summed E-state index contributed by atoms with van der Waals surface area (Å²) in [4.78, 5) is 16.0. The Morgan fingerprint density at radius 1 is 0.774 bits per heavy atom. The smallest absolute Gasteiger partial charge is 0.173 e. The summed E-state index contributed by atoms with van der Waals surface area (Å²) >= 11 is 1.74. The summed E-state index contributed by atoms with van der Waals surface area (Å²) < 4.78 is 0. The first-order valence-electron chi connectivity index (χ1n) is 11.2. The summed E-state index contributed by atoms with van der Waals surface area (Å²) in [6.45, 7) is 8.71. The van der Waals surface area contributed by atoms with Gasteiger partial charge in [-0.3, -0.25) is 4.79 Å². The van der Waals surface area contributed by atoms with Crippen LogP contribution in [0.3, 0.4) is 0 Å². The Morgan fingerprint density at radius 3 is 1.97 bits per heavy atom. The second kappa shape index (κ2) is 11.2. The number of hydrogen-bond acceptors (Lipinski definition) is 2. The lowest BCUT2D eigenvalue weighted by molar-refractivity contribution is 0.0867. The van der Waals surface area contributed by atoms with Crippen molar-refractivity contribution in [2.75, 3.05) is 0 Å². The molecule has 0 aliphatic heterocycles. The molecule has 0 saturated carbocycles. The third-order valence-electron chi connectivity index (χ3n) is 5.92. The molecule has 1 atom stereocenters. The lowest BCUT2D eigenvalue weighted by Crippen LogP contribution is -2.29. The molecule has 0 aromatic heterocycles. The van der Waals surface area contributed by atoms with Crippen molar-refractivity contribution in [1.29, 1.82) is 0 Å². The molecule has 0 amide bonds. The van der Waals surface area contributed by atoms with Crippen LogP contribution in [0.4, 0.5) is 0 Å². The van der Waals surface area contributed by atoms with Gasteiger partial charge in [0.15, 0.2) is 5.78 Å². The predicted octanol–water partition coefficient (Wildman–Crippen LogP) is 8.71. The highest BCUT2D eigenvalue weighted by molar-refractivity contribution is 7.99. The molecule has 0 heterocycles. The van der Waals surface area contributed by atoms with Crippen LogP contribution < -0.4 is 0 Å². The van der Waals surface area contributed by atoms with Crippen LogP contribution in [0.2, 0.25) is 0 Å². The van der Waals surface area contributed by atoms with Crippen LogP contribution >= 0.6 is 11.8 Å². The Labute approximate surface area is 191 Å². The van der Waals surface area contributed by atoms with Gasteiger partial charge in [0.2, 0.25) is 0 Å². The normalized spacial score (nSPS) is 12.8. The Hall–Kier alpha value is -2.58. The van der Waals surface area contributed by atoms with Gasteiger partial charge >= 0.3 is 0 Å². The van der Waals surface area contributed by atoms with Gasteiger partial charge in [-0.1, -0.05) is 112 Å². The van der Waals surface area contributed by atoms with Crippen LogP contribution in [0.5, 0.6) is 0 Å². The second-order valence-electron chi connectivity index (χ2n) is 8.26. The molecule has 2 heteroatoms. The third kappa shape index (κ3) is 5.98. The molecule has 0 fully saturated rings. The van der Waals surface area contributed by atoms with Gasteiger partial charge in [0.1, 0.15) is 0 Å². The van der Waals surface area contributed by atoms with E-state index in [1.54, 1.807) is 11.8 Å². The molecule has 0 aliphatic carbocycles. The van der Waals surface area contributed by atoms with E-state index in [2.05, 4.69) is 69.0 Å². The van der Waals surface area contributed by atoms with Gasteiger partial charge in [-0.05, 0) is 48.7 Å². The van der Waals surface area contributed by atoms with E-state index < -0.39 is 5.41 Å². The molecular weight excluding hydrogens is 396 g/mol. The van der Waals surface area contributed by atoms with Gasteiger partial charge in [0.05, 0.1) is 5.41 Å². The molecule has 3 aromatic carbocycles. The first kappa shape index (κ1) is 23.1. The van der Waals surface area contributed by atoms with Crippen molar-refractivity contribution >= 4 is 23.1 Å². The van der Waals surface area contributed by atoms with Crippen molar-refractivity contribution in [3.63, 3.8) is 0 Å². The largest absolute Gasteiger partial charge is 0.293 e. The second-order valence-corrected chi connectivity index (χ2v) is 9.40. The van der Waals surface area contributed by atoms with Crippen molar-refractivity contribution in [3.05, 3.63) is 103 Å². The standard InChI is InChI=1S/C29H32OS/c1-4-5-6-13-22-29(3,28(30)25-14-9-7-10-15-25)23(2)24-18-20-27(21-19-24)31-26-16-11-8-12-17-26/h7-12,14-21H,2,4-6,13,22H2,1,3H3. The molecule has 0 aliphatic rings. The van der Waals surface area contributed by atoms with Crippen LogP contribution in [0.1, 0.15) is 61.9 Å². The van der Waals surface area contributed by atoms with E-state index in [-0.39, 0.29) is 5.78 Å². The molecule has 1 unspecified atom stereocenters. The zero-order valence-electron chi connectivity index (χ0n) is 18.6. The molecule has 160 valence electrons. The molecule has 3 rings (SSSR count). The van der Waals surface area contributed by atoms with Crippen molar-refractivity contribution in [2.24, 2.45) is 5.41 Å². The fourth-order valence-electron chi connectivity index (χ4n) is 3.88. The Balaban J connectivity index is 1.82. The molecule has 31 heavy (non-hydrogen) atoms. The fraction of sp³-hybridized carbons (Fsp3) is 0.276. The first-order valence-corrected chi connectivity index (χ1v) is 12.0. The molecule has 0 N–H and O–H groups in total. The van der Waals surface area contributed by atoms with Gasteiger partial charge in [0, 0.05) is 15.4 Å². The van der Waals surface area contributed by atoms with E-state index in [1.165, 1.54) is 22.6 Å². The highest BCUT2D eigenvalue weighted by atomic mass is 32.2. The number of Topliss-reactive ketones (excluding diaryl/α,β-unsaturated/α-hetero) is 1. The minimum absolute atomic E-state index is 0.164. The molecule has 3 aromatic rings. The van der Waals surface area contributed by atoms with Crippen LogP contribution in [-0.2, 0) is 0 Å². The molecule has 1 nitrogen and oxygen atoms in total. The number of allylic oxidation sites excluding steroid dienone is 1. The van der Waals surface area contributed by atoms with Crippen LogP contribution in [0, 0.1) is 5.41 Å². The number of carbonyl (C=O) groups excluding carboxylic acids is 1. The number of rotatable bonds is 11. The number of ketones is 1. The Kier molecular flexibility index (Phi) is 8.31. The van der Waals surface area contributed by atoms with Crippen molar-refractivity contribution in [3.8, 4) is 0 Å². The SMILES string of the molecule is C=C(c1ccc(Sc2ccccc2)cc1)C(C)(CCCCCC)C(=O)c1ccccc1. The topological polar surface area (TPSA) is 17.1 Å². The van der Waals surface area contributed by atoms with Gasteiger partial charge in [-0.25, -0.2) is 0 Å². The number of benzene rings is 3. The lowest BCUT2D eigenvalue weighted by Gasteiger charge is -2.31. The minimum atomic E-state index is -0.608. The van der Waals surface area contributed by atoms with E-state index in [0.717, 1.165) is 36.0 Å². The summed E-state index contributed by atoms with van der Waals surface area (Å²) in [5, 5.41) is 0. The van der Waals surface area contributed by atoms with E-state index in [4.69, 9.17) is 0 Å². The van der Waals surface area contributed by atoms with Gasteiger partial charge in [-0.2, -0.15) is 0 Å². The first-order chi connectivity index (χ1) is 15.0. The zero-order valence-corrected chi connectivity index (χ0v) is 19.5. The highest BCUT2D eigenvalue weighted by Crippen LogP contribution is 2.42. The summed E-state index contributed by atoms with van der Waals surface area (Å²) in [5.74, 6) is 0.164. The monoisotopic (exact) mass is 428 g/mol. The fourth-order valence-corrected chi connectivity index (χ4v) is 4.72. The zero-order chi connectivity index (χ0) is 22.1. The number of unbranched alkanes of at least 4 members (excludes halogenated alkanes) is 3. The lowest BCUT2D eigenvalue weighted by atomic mass is 9.70. The summed E-state index contributed by atoms with van der Waals surface area (Å²) in [6.07, 6.45) is 5.39. The van der Waals surface area contributed by atoms with Crippen LogP contribution in [0.25, 0.3) is 5.57 Å². The maximum absolute atomic E-state index is 13.6. The maximum atomic E-state index is 13.6.